The number of benzene rings is 1. The normalized spacial score (nSPS) is 12.4. The molecule has 0 aliphatic rings. The van der Waals surface area contributed by atoms with Crippen LogP contribution in [0.25, 0.3) is 0 Å². The summed E-state index contributed by atoms with van der Waals surface area (Å²) >= 11 is 0. The molecule has 2 N–H and O–H groups in total. The Kier molecular flexibility index (Phi) is 12.1. The molecule has 0 bridgehead atoms. The molecule has 0 saturated carbocycles. The van der Waals surface area contributed by atoms with Gasteiger partial charge in [0, 0.05) is 32.1 Å². The lowest BCUT2D eigenvalue weighted by atomic mass is 9.88. The van der Waals surface area contributed by atoms with Crippen molar-refractivity contribution in [3.8, 4) is 11.5 Å². The molecule has 1 aromatic carbocycles. The van der Waals surface area contributed by atoms with Gasteiger partial charge >= 0.3 is 23.9 Å². The fourth-order valence-electron chi connectivity index (χ4n) is 3.04. The lowest BCUT2D eigenvalue weighted by Gasteiger charge is -2.26. The molecule has 0 aliphatic carbocycles. The number of hydrogen-bond acceptors (Lipinski definition) is 9. The average Bonchev–Trinajstić information content (AvgIpc) is 2.75. The van der Waals surface area contributed by atoms with E-state index in [2.05, 4.69) is 0 Å². The Hall–Kier alpha value is -2.94. The molecule has 1 rings (SSSR count). The Balaban J connectivity index is 3.12. The van der Waals surface area contributed by atoms with Crippen molar-refractivity contribution in [2.24, 2.45) is 5.73 Å². The first-order valence-electron chi connectivity index (χ1n) is 11.3. The van der Waals surface area contributed by atoms with Crippen LogP contribution >= 0.6 is 0 Å². The van der Waals surface area contributed by atoms with Gasteiger partial charge in [-0.2, -0.15) is 0 Å². The van der Waals surface area contributed by atoms with Gasteiger partial charge in [-0.05, 0) is 37.0 Å². The summed E-state index contributed by atoms with van der Waals surface area (Å²) in [6, 6.07) is 4.63. The fraction of sp³-hybridized carbons (Fsp3) is 0.583. The Bertz CT molecular complexity index is 823. The van der Waals surface area contributed by atoms with Crippen molar-refractivity contribution in [3.63, 3.8) is 0 Å². The molecule has 0 unspecified atom stereocenters. The van der Waals surface area contributed by atoms with Gasteiger partial charge in [0.2, 0.25) is 0 Å². The number of hydrogen-bond donors (Lipinski definition) is 1. The molecule has 184 valence electrons. The smallest absolute Gasteiger partial charge is 0.326 e. The largest absolute Gasteiger partial charge is 0.468 e. The molecule has 33 heavy (non-hydrogen) atoms. The van der Waals surface area contributed by atoms with Crippen LogP contribution in [0, 0.1) is 0 Å². The molecule has 0 fully saturated rings. The lowest BCUT2D eigenvalue weighted by molar-refractivity contribution is -0.151. The van der Waals surface area contributed by atoms with Crippen LogP contribution < -0.4 is 15.2 Å². The standard InChI is InChI=1S/C24H35NO8/c1-5-8-20(26)31-14-13-24(25,23(29)30-4)16-17-11-12-18(32-21(27)9-6-2)19(15-17)33-22(28)10-7-3/h11-12,15H,5-10,13-14,16,25H2,1-4H3/t24-/m1/s1. The van der Waals surface area contributed by atoms with Crippen molar-refractivity contribution in [2.75, 3.05) is 13.7 Å². The SMILES string of the molecule is CCCC(=O)OCC[C@@](N)(Cc1ccc(OC(=O)CCC)c(OC(=O)CCC)c1)C(=O)OC. The van der Waals surface area contributed by atoms with Gasteiger partial charge in [0.05, 0.1) is 13.7 Å². The Morgan fingerprint density at radius 2 is 1.39 bits per heavy atom. The van der Waals surface area contributed by atoms with Crippen LogP contribution in [0.2, 0.25) is 0 Å². The number of ether oxygens (including phenoxy) is 4. The lowest BCUT2D eigenvalue weighted by Crippen LogP contribution is -2.51. The second kappa shape index (κ2) is 14.3. The van der Waals surface area contributed by atoms with Crippen LogP contribution in [0.15, 0.2) is 18.2 Å². The maximum Gasteiger partial charge on any atom is 0.326 e. The molecule has 1 aromatic rings. The number of nitrogens with two attached hydrogens (primary N) is 1. The van der Waals surface area contributed by atoms with Gasteiger partial charge < -0.3 is 24.7 Å². The minimum Gasteiger partial charge on any atom is -0.468 e. The highest BCUT2D eigenvalue weighted by molar-refractivity contribution is 5.81. The van der Waals surface area contributed by atoms with Crippen molar-refractivity contribution < 1.29 is 38.1 Å². The maximum atomic E-state index is 12.4. The van der Waals surface area contributed by atoms with E-state index in [0.717, 1.165) is 0 Å². The summed E-state index contributed by atoms with van der Waals surface area (Å²) in [6.07, 6.45) is 2.60. The van der Waals surface area contributed by atoms with E-state index in [-0.39, 0.29) is 56.2 Å². The van der Waals surface area contributed by atoms with E-state index in [4.69, 9.17) is 24.7 Å². The molecule has 9 heteroatoms. The third-order valence-electron chi connectivity index (χ3n) is 4.74. The monoisotopic (exact) mass is 465 g/mol. The van der Waals surface area contributed by atoms with Crippen molar-refractivity contribution in [1.82, 2.24) is 0 Å². The summed E-state index contributed by atoms with van der Waals surface area (Å²) < 4.78 is 20.7. The second-order valence-electron chi connectivity index (χ2n) is 7.77. The van der Waals surface area contributed by atoms with Gasteiger partial charge in [0.25, 0.3) is 0 Å². The average molecular weight is 466 g/mol. The molecule has 9 nitrogen and oxygen atoms in total. The van der Waals surface area contributed by atoms with E-state index in [9.17, 15) is 19.2 Å². The van der Waals surface area contributed by atoms with E-state index < -0.39 is 23.4 Å². The molecule has 0 amide bonds. The van der Waals surface area contributed by atoms with E-state index in [1.54, 1.807) is 6.07 Å². The van der Waals surface area contributed by atoms with Gasteiger partial charge in [0.1, 0.15) is 5.54 Å². The first kappa shape index (κ1) is 28.1. The van der Waals surface area contributed by atoms with Crippen molar-refractivity contribution >= 4 is 23.9 Å². The fourth-order valence-corrected chi connectivity index (χ4v) is 3.04. The predicted octanol–water partition coefficient (Wildman–Crippen LogP) is 3.24. The van der Waals surface area contributed by atoms with Crippen molar-refractivity contribution in [3.05, 3.63) is 23.8 Å². The zero-order valence-electron chi connectivity index (χ0n) is 19.9. The molecule has 0 aliphatic heterocycles. The van der Waals surface area contributed by atoms with Crippen molar-refractivity contribution in [2.45, 2.75) is 77.7 Å². The Morgan fingerprint density at radius 3 is 1.94 bits per heavy atom. The molecular weight excluding hydrogens is 430 g/mol. The highest BCUT2D eigenvalue weighted by atomic mass is 16.6. The number of carbonyl (C=O) groups excluding carboxylic acids is 4. The minimum atomic E-state index is -1.48. The topological polar surface area (TPSA) is 131 Å². The molecule has 1 atom stereocenters. The first-order chi connectivity index (χ1) is 15.7. The summed E-state index contributed by atoms with van der Waals surface area (Å²) in [5.41, 5.74) is 5.42. The van der Waals surface area contributed by atoms with Gasteiger partial charge in [-0.3, -0.25) is 19.2 Å². The van der Waals surface area contributed by atoms with Crippen LogP contribution in [0.4, 0.5) is 0 Å². The van der Waals surface area contributed by atoms with E-state index in [1.807, 2.05) is 20.8 Å². The number of carbonyl (C=O) groups is 4. The zero-order valence-corrected chi connectivity index (χ0v) is 19.9. The second-order valence-corrected chi connectivity index (χ2v) is 7.77. The van der Waals surface area contributed by atoms with Gasteiger partial charge in [-0.15, -0.1) is 0 Å². The summed E-state index contributed by atoms with van der Waals surface area (Å²) in [7, 11) is 1.22. The summed E-state index contributed by atoms with van der Waals surface area (Å²) in [5, 5.41) is 0. The minimum absolute atomic E-state index is 0.0204. The third-order valence-corrected chi connectivity index (χ3v) is 4.74. The molecule has 0 saturated heterocycles. The molecule has 0 heterocycles. The highest BCUT2D eigenvalue weighted by Gasteiger charge is 2.36. The first-order valence-corrected chi connectivity index (χ1v) is 11.3. The maximum absolute atomic E-state index is 12.4. The predicted molar refractivity (Wildman–Crippen MR) is 121 cm³/mol. The molecule has 0 aromatic heterocycles. The van der Waals surface area contributed by atoms with Gasteiger partial charge in [-0.1, -0.05) is 26.8 Å². The van der Waals surface area contributed by atoms with Gasteiger partial charge in [0.15, 0.2) is 11.5 Å². The van der Waals surface area contributed by atoms with Crippen LogP contribution in [0.1, 0.15) is 71.3 Å². The number of rotatable bonds is 14. The van der Waals surface area contributed by atoms with E-state index >= 15 is 0 Å². The van der Waals surface area contributed by atoms with Crippen LogP contribution in [-0.4, -0.2) is 43.1 Å². The molecule has 0 radical (unpaired) electrons. The van der Waals surface area contributed by atoms with E-state index in [1.165, 1.54) is 19.2 Å². The molecule has 0 spiro atoms. The summed E-state index contributed by atoms with van der Waals surface area (Å²) in [5.74, 6) is -1.79. The van der Waals surface area contributed by atoms with E-state index in [0.29, 0.717) is 24.8 Å². The number of methoxy groups -OCH3 is 1. The summed E-state index contributed by atoms with van der Waals surface area (Å²) in [6.45, 7) is 5.50. The van der Waals surface area contributed by atoms with Gasteiger partial charge in [-0.25, -0.2) is 0 Å². The van der Waals surface area contributed by atoms with Crippen LogP contribution in [-0.2, 0) is 35.1 Å². The number of esters is 4. The Labute approximate surface area is 194 Å². The third kappa shape index (κ3) is 9.61. The zero-order chi connectivity index (χ0) is 24.9. The summed E-state index contributed by atoms with van der Waals surface area (Å²) in [4.78, 5) is 48.1. The highest BCUT2D eigenvalue weighted by Crippen LogP contribution is 2.31. The Morgan fingerprint density at radius 1 is 0.848 bits per heavy atom. The van der Waals surface area contributed by atoms with Crippen molar-refractivity contribution in [1.29, 1.82) is 0 Å². The molecular formula is C24H35NO8. The quantitative estimate of drug-likeness (QED) is 0.325. The van der Waals surface area contributed by atoms with Crippen LogP contribution in [0.5, 0.6) is 11.5 Å². The van der Waals surface area contributed by atoms with Crippen LogP contribution in [0.3, 0.4) is 0 Å².